The van der Waals surface area contributed by atoms with Crippen molar-refractivity contribution in [3.63, 3.8) is 0 Å². The minimum Gasteiger partial charge on any atom is -0.339 e. The molecule has 28 heavy (non-hydrogen) atoms. The van der Waals surface area contributed by atoms with E-state index in [0.29, 0.717) is 22.6 Å². The summed E-state index contributed by atoms with van der Waals surface area (Å²) in [4.78, 5) is 26.7. The monoisotopic (exact) mass is 438 g/mol. The highest BCUT2D eigenvalue weighted by Gasteiger charge is 2.19. The Morgan fingerprint density at radius 3 is 2.36 bits per heavy atom. The molecule has 0 unspecified atom stereocenters. The molecule has 2 N–H and O–H groups in total. The lowest BCUT2D eigenvalue weighted by molar-refractivity contribution is 0.0792. The van der Waals surface area contributed by atoms with Gasteiger partial charge in [-0.05, 0) is 55.3 Å². The maximum atomic E-state index is 12.5. The highest BCUT2D eigenvalue weighted by molar-refractivity contribution is 9.10. The van der Waals surface area contributed by atoms with Crippen LogP contribution in [-0.4, -0.2) is 40.0 Å². The number of hydrogen-bond donors (Lipinski definition) is 2. The lowest BCUT2D eigenvalue weighted by Gasteiger charge is -2.15. The minimum atomic E-state index is -0.283. The van der Waals surface area contributed by atoms with Crippen LogP contribution in [0, 0.1) is 0 Å². The number of carbonyl (C=O) groups excluding carboxylic acids is 2. The zero-order valence-electron chi connectivity index (χ0n) is 15.1. The van der Waals surface area contributed by atoms with Crippen molar-refractivity contribution < 1.29 is 9.59 Å². The van der Waals surface area contributed by atoms with Crippen LogP contribution in [0.5, 0.6) is 0 Å². The summed E-state index contributed by atoms with van der Waals surface area (Å²) in [5.74, 6) is -0.238. The molecule has 0 aliphatic carbocycles. The van der Waals surface area contributed by atoms with Crippen molar-refractivity contribution in [2.75, 3.05) is 18.4 Å². The van der Waals surface area contributed by atoms with E-state index in [1.165, 1.54) is 0 Å². The van der Waals surface area contributed by atoms with Gasteiger partial charge in [0.25, 0.3) is 11.8 Å². The van der Waals surface area contributed by atoms with Gasteiger partial charge in [-0.25, -0.2) is 0 Å². The first kappa shape index (κ1) is 18.4. The van der Waals surface area contributed by atoms with Gasteiger partial charge in [0, 0.05) is 34.4 Å². The van der Waals surface area contributed by atoms with Gasteiger partial charge in [-0.15, -0.1) is 0 Å². The van der Waals surface area contributed by atoms with Gasteiger partial charge in [0.1, 0.15) is 5.69 Å². The summed E-state index contributed by atoms with van der Waals surface area (Å²) in [6.45, 7) is 1.63. The normalized spacial score (nSPS) is 13.5. The van der Waals surface area contributed by atoms with Crippen LogP contribution in [-0.2, 0) is 0 Å². The molecule has 1 aliphatic heterocycles. The fourth-order valence-corrected chi connectivity index (χ4v) is 3.47. The molecule has 6 nitrogen and oxygen atoms in total. The molecule has 1 aromatic heterocycles. The number of likely N-dealkylation sites (tertiary alicyclic amines) is 1. The van der Waals surface area contributed by atoms with E-state index in [-0.39, 0.29) is 11.8 Å². The molecular formula is C21H19BrN4O2. The van der Waals surface area contributed by atoms with Crippen LogP contribution in [0.3, 0.4) is 0 Å². The fraction of sp³-hybridized carbons (Fsp3) is 0.190. The number of nitrogens with one attached hydrogen (secondary N) is 2. The molecule has 1 fully saturated rings. The highest BCUT2D eigenvalue weighted by atomic mass is 79.9. The smallest absolute Gasteiger partial charge is 0.273 e. The summed E-state index contributed by atoms with van der Waals surface area (Å²) in [6, 6.07) is 16.4. The number of halogens is 1. The van der Waals surface area contributed by atoms with E-state index in [4.69, 9.17) is 0 Å². The SMILES string of the molecule is O=C(Nc1ccc(C(=O)N2CCCC2)cc1)c1cc(-c2ccc(Br)cc2)n[nH]1. The van der Waals surface area contributed by atoms with Crippen LogP contribution >= 0.6 is 15.9 Å². The molecule has 1 saturated heterocycles. The Labute approximate surface area is 171 Å². The van der Waals surface area contributed by atoms with Gasteiger partial charge in [-0.2, -0.15) is 5.10 Å². The number of aromatic nitrogens is 2. The largest absolute Gasteiger partial charge is 0.339 e. The zero-order chi connectivity index (χ0) is 19.5. The maximum Gasteiger partial charge on any atom is 0.273 e. The molecular weight excluding hydrogens is 420 g/mol. The quantitative estimate of drug-likeness (QED) is 0.636. The third-order valence-electron chi connectivity index (χ3n) is 4.75. The second kappa shape index (κ2) is 7.98. The van der Waals surface area contributed by atoms with E-state index in [1.54, 1.807) is 30.3 Å². The predicted molar refractivity (Wildman–Crippen MR) is 111 cm³/mol. The second-order valence-electron chi connectivity index (χ2n) is 6.70. The molecule has 4 rings (SSSR count). The summed E-state index contributed by atoms with van der Waals surface area (Å²) in [7, 11) is 0. The molecule has 1 aliphatic rings. The van der Waals surface area contributed by atoms with Gasteiger partial charge in [0.05, 0.1) is 5.69 Å². The number of rotatable bonds is 4. The number of nitrogens with zero attached hydrogens (tertiary/aromatic N) is 2. The number of anilines is 1. The first-order chi connectivity index (χ1) is 13.6. The highest BCUT2D eigenvalue weighted by Crippen LogP contribution is 2.21. The minimum absolute atomic E-state index is 0.0445. The van der Waals surface area contributed by atoms with Gasteiger partial charge in [0.2, 0.25) is 0 Å². The molecule has 0 saturated carbocycles. The Morgan fingerprint density at radius 1 is 1.00 bits per heavy atom. The number of benzene rings is 2. The molecule has 7 heteroatoms. The van der Waals surface area contributed by atoms with Crippen LogP contribution in [0.2, 0.25) is 0 Å². The predicted octanol–water partition coefficient (Wildman–Crippen LogP) is 4.33. The van der Waals surface area contributed by atoms with Gasteiger partial charge in [-0.1, -0.05) is 28.1 Å². The third kappa shape index (κ3) is 3.99. The average Bonchev–Trinajstić information content (AvgIpc) is 3.41. The Hall–Kier alpha value is -2.93. The molecule has 0 atom stereocenters. The Kier molecular flexibility index (Phi) is 5.25. The Balaban J connectivity index is 1.42. The van der Waals surface area contributed by atoms with E-state index in [9.17, 15) is 9.59 Å². The van der Waals surface area contributed by atoms with Crippen molar-refractivity contribution in [1.29, 1.82) is 0 Å². The summed E-state index contributed by atoms with van der Waals surface area (Å²) < 4.78 is 0.983. The van der Waals surface area contributed by atoms with Crippen molar-refractivity contribution in [3.05, 3.63) is 70.3 Å². The van der Waals surface area contributed by atoms with Crippen molar-refractivity contribution in [3.8, 4) is 11.3 Å². The van der Waals surface area contributed by atoms with Crippen molar-refractivity contribution in [2.24, 2.45) is 0 Å². The van der Waals surface area contributed by atoms with E-state index in [0.717, 1.165) is 36.0 Å². The molecule has 2 heterocycles. The first-order valence-electron chi connectivity index (χ1n) is 9.12. The number of aromatic amines is 1. The zero-order valence-corrected chi connectivity index (χ0v) is 16.7. The number of amides is 2. The molecule has 0 radical (unpaired) electrons. The lowest BCUT2D eigenvalue weighted by Crippen LogP contribution is -2.27. The van der Waals surface area contributed by atoms with Crippen LogP contribution in [0.15, 0.2) is 59.1 Å². The summed E-state index contributed by atoms with van der Waals surface area (Å²) in [5, 5.41) is 9.81. The van der Waals surface area contributed by atoms with Gasteiger partial charge >= 0.3 is 0 Å². The molecule has 0 bridgehead atoms. The molecule has 2 aromatic carbocycles. The standard InChI is InChI=1S/C21H19BrN4O2/c22-16-7-3-14(4-8-16)18-13-19(25-24-18)20(27)23-17-9-5-15(6-10-17)21(28)26-11-1-2-12-26/h3-10,13H,1-2,11-12H2,(H,23,27)(H,24,25). The van der Waals surface area contributed by atoms with Gasteiger partial charge in [0.15, 0.2) is 0 Å². The Bertz CT molecular complexity index is 990. The summed E-state index contributed by atoms with van der Waals surface area (Å²) in [5.41, 5.74) is 3.25. The van der Waals surface area contributed by atoms with E-state index < -0.39 is 0 Å². The van der Waals surface area contributed by atoms with Crippen LogP contribution in [0.1, 0.15) is 33.7 Å². The van der Waals surface area contributed by atoms with Crippen LogP contribution < -0.4 is 5.32 Å². The van der Waals surface area contributed by atoms with Crippen LogP contribution in [0.4, 0.5) is 5.69 Å². The second-order valence-corrected chi connectivity index (χ2v) is 7.62. The number of hydrogen-bond acceptors (Lipinski definition) is 3. The molecule has 0 spiro atoms. The van der Waals surface area contributed by atoms with E-state index >= 15 is 0 Å². The lowest BCUT2D eigenvalue weighted by atomic mass is 10.1. The van der Waals surface area contributed by atoms with Crippen molar-refractivity contribution >= 4 is 33.4 Å². The van der Waals surface area contributed by atoms with Gasteiger partial charge < -0.3 is 10.2 Å². The van der Waals surface area contributed by atoms with Crippen LogP contribution in [0.25, 0.3) is 11.3 Å². The average molecular weight is 439 g/mol. The molecule has 3 aromatic rings. The fourth-order valence-electron chi connectivity index (χ4n) is 3.20. The van der Waals surface area contributed by atoms with E-state index in [2.05, 4.69) is 31.4 Å². The number of H-pyrrole nitrogens is 1. The van der Waals surface area contributed by atoms with Crippen molar-refractivity contribution in [2.45, 2.75) is 12.8 Å². The summed E-state index contributed by atoms with van der Waals surface area (Å²) in [6.07, 6.45) is 2.12. The van der Waals surface area contributed by atoms with E-state index in [1.807, 2.05) is 29.2 Å². The number of carbonyl (C=O) groups is 2. The topological polar surface area (TPSA) is 78.1 Å². The molecule has 2 amide bonds. The summed E-state index contributed by atoms with van der Waals surface area (Å²) >= 11 is 3.40. The Morgan fingerprint density at radius 2 is 1.68 bits per heavy atom. The first-order valence-corrected chi connectivity index (χ1v) is 9.91. The van der Waals surface area contributed by atoms with Crippen molar-refractivity contribution in [1.82, 2.24) is 15.1 Å². The molecule has 142 valence electrons. The third-order valence-corrected chi connectivity index (χ3v) is 5.27. The van der Waals surface area contributed by atoms with Gasteiger partial charge in [-0.3, -0.25) is 14.7 Å². The maximum absolute atomic E-state index is 12.5.